The maximum atomic E-state index is 11.4. The minimum Gasteiger partial charge on any atom is -0.301 e. The zero-order valence-corrected chi connectivity index (χ0v) is 9.48. The molecule has 0 atom stereocenters. The monoisotopic (exact) mass is 257 g/mol. The number of fused-ring (bicyclic) bond motifs is 1. The molecule has 0 saturated heterocycles. The summed E-state index contributed by atoms with van der Waals surface area (Å²) >= 11 is 4.71. The van der Waals surface area contributed by atoms with Gasteiger partial charge in [0, 0.05) is 12.4 Å². The fraction of sp³-hybridized carbons (Fsp3) is 0.222. The number of benzene rings is 1. The van der Waals surface area contributed by atoms with E-state index >= 15 is 0 Å². The van der Waals surface area contributed by atoms with Crippen LogP contribution < -0.4 is 4.87 Å². The fourth-order valence-corrected chi connectivity index (χ4v) is 2.77. The normalized spacial score (nSPS) is 10.9. The first-order valence-corrected chi connectivity index (χ1v) is 5.81. The van der Waals surface area contributed by atoms with Gasteiger partial charge in [-0.25, -0.2) is 0 Å². The summed E-state index contributed by atoms with van der Waals surface area (Å²) in [5.41, 5.74) is 2.22. The number of alkyl halides is 1. The van der Waals surface area contributed by atoms with E-state index in [2.05, 4.69) is 15.9 Å². The number of thiazole rings is 1. The van der Waals surface area contributed by atoms with Crippen LogP contribution in [0.15, 0.2) is 23.0 Å². The number of aryl methyl sites for hydroxylation is 1. The first-order chi connectivity index (χ1) is 6.24. The number of halogens is 1. The van der Waals surface area contributed by atoms with Crippen molar-refractivity contribution in [3.8, 4) is 0 Å². The van der Waals surface area contributed by atoms with Crippen LogP contribution in [0.25, 0.3) is 10.2 Å². The molecule has 0 bridgehead atoms. The molecule has 2 nitrogen and oxygen atoms in total. The van der Waals surface area contributed by atoms with Gasteiger partial charge in [0.1, 0.15) is 0 Å². The first kappa shape index (κ1) is 8.97. The molecule has 0 aliphatic rings. The summed E-state index contributed by atoms with van der Waals surface area (Å²) in [6, 6.07) is 5.99. The van der Waals surface area contributed by atoms with Crippen molar-refractivity contribution in [1.82, 2.24) is 4.57 Å². The molecule has 0 fully saturated rings. The number of rotatable bonds is 1. The van der Waals surface area contributed by atoms with Gasteiger partial charge in [0.25, 0.3) is 0 Å². The lowest BCUT2D eigenvalue weighted by Gasteiger charge is -1.99. The number of nitrogens with zero attached hydrogens (tertiary/aromatic N) is 1. The molecule has 1 aromatic carbocycles. The van der Waals surface area contributed by atoms with Gasteiger partial charge in [-0.15, -0.1) is 0 Å². The van der Waals surface area contributed by atoms with Gasteiger partial charge in [-0.05, 0) is 11.6 Å². The highest BCUT2D eigenvalue weighted by Crippen LogP contribution is 2.22. The molecule has 0 N–H and O–H groups in total. The highest BCUT2D eigenvalue weighted by molar-refractivity contribution is 9.08. The van der Waals surface area contributed by atoms with E-state index in [0.717, 1.165) is 15.5 Å². The van der Waals surface area contributed by atoms with Crippen LogP contribution in [0.5, 0.6) is 0 Å². The summed E-state index contributed by atoms with van der Waals surface area (Å²) in [6.45, 7) is 0. The number of aromatic nitrogens is 1. The van der Waals surface area contributed by atoms with Crippen molar-refractivity contribution in [1.29, 1.82) is 0 Å². The number of para-hydroxylation sites is 1. The first-order valence-electron chi connectivity index (χ1n) is 3.87. The third-order valence-corrected chi connectivity index (χ3v) is 3.64. The van der Waals surface area contributed by atoms with Gasteiger partial charge in [0.2, 0.25) is 0 Å². The van der Waals surface area contributed by atoms with Crippen LogP contribution in [0, 0.1) is 0 Å². The second-order valence-electron chi connectivity index (χ2n) is 2.82. The molecule has 0 unspecified atom stereocenters. The van der Waals surface area contributed by atoms with Crippen LogP contribution in [0.4, 0.5) is 0 Å². The van der Waals surface area contributed by atoms with Gasteiger partial charge in [0.05, 0.1) is 10.2 Å². The molecule has 0 aliphatic carbocycles. The minimum atomic E-state index is 0.100. The standard InChI is InChI=1S/C9H8BrNOS/c1-11-8-6(5-10)3-2-4-7(8)13-9(11)12/h2-4H,5H2,1H3. The second-order valence-corrected chi connectivity index (χ2v) is 4.38. The Hall–Kier alpha value is -0.610. The Balaban J connectivity index is 2.95. The Bertz CT molecular complexity index is 500. The highest BCUT2D eigenvalue weighted by atomic mass is 79.9. The summed E-state index contributed by atoms with van der Waals surface area (Å²) < 4.78 is 2.76. The largest absolute Gasteiger partial charge is 0.307 e. The minimum absolute atomic E-state index is 0.100. The molecular weight excluding hydrogens is 250 g/mol. The van der Waals surface area contributed by atoms with Crippen molar-refractivity contribution < 1.29 is 0 Å². The van der Waals surface area contributed by atoms with Gasteiger partial charge in [-0.3, -0.25) is 4.79 Å². The molecule has 1 heterocycles. The van der Waals surface area contributed by atoms with Crippen LogP contribution in [0.3, 0.4) is 0 Å². The van der Waals surface area contributed by atoms with Crippen LogP contribution in [0.2, 0.25) is 0 Å². The van der Waals surface area contributed by atoms with E-state index in [9.17, 15) is 4.79 Å². The van der Waals surface area contributed by atoms with Crippen molar-refractivity contribution in [2.45, 2.75) is 5.33 Å². The fourth-order valence-electron chi connectivity index (χ4n) is 1.39. The molecule has 0 aliphatic heterocycles. The Morgan fingerprint density at radius 2 is 2.31 bits per heavy atom. The predicted molar refractivity (Wildman–Crippen MR) is 59.7 cm³/mol. The molecule has 2 rings (SSSR count). The zero-order chi connectivity index (χ0) is 9.42. The van der Waals surface area contributed by atoms with Gasteiger partial charge in [-0.2, -0.15) is 0 Å². The van der Waals surface area contributed by atoms with E-state index in [4.69, 9.17) is 0 Å². The molecule has 0 spiro atoms. The molecule has 1 aromatic heterocycles. The van der Waals surface area contributed by atoms with Crippen LogP contribution in [0.1, 0.15) is 5.56 Å². The van der Waals surface area contributed by atoms with E-state index in [-0.39, 0.29) is 4.87 Å². The Morgan fingerprint density at radius 1 is 1.54 bits per heavy atom. The summed E-state index contributed by atoms with van der Waals surface area (Å²) in [5, 5.41) is 0.786. The lowest BCUT2D eigenvalue weighted by Crippen LogP contribution is -2.07. The average molecular weight is 258 g/mol. The second kappa shape index (κ2) is 3.27. The van der Waals surface area contributed by atoms with Crippen LogP contribution >= 0.6 is 27.3 Å². The van der Waals surface area contributed by atoms with E-state index in [1.165, 1.54) is 16.9 Å². The number of hydrogen-bond acceptors (Lipinski definition) is 2. The van der Waals surface area contributed by atoms with Crippen molar-refractivity contribution in [3.05, 3.63) is 33.4 Å². The third kappa shape index (κ3) is 1.34. The van der Waals surface area contributed by atoms with Crippen molar-refractivity contribution in [3.63, 3.8) is 0 Å². The SMILES string of the molecule is Cn1c(=O)sc2cccc(CBr)c21. The van der Waals surface area contributed by atoms with Crippen LogP contribution in [-0.2, 0) is 12.4 Å². The molecule has 0 radical (unpaired) electrons. The maximum absolute atomic E-state index is 11.4. The molecule has 13 heavy (non-hydrogen) atoms. The van der Waals surface area contributed by atoms with E-state index in [1.54, 1.807) is 4.57 Å². The molecule has 4 heteroatoms. The third-order valence-electron chi connectivity index (χ3n) is 2.03. The van der Waals surface area contributed by atoms with Gasteiger partial charge >= 0.3 is 4.87 Å². The van der Waals surface area contributed by atoms with E-state index in [1.807, 2.05) is 25.2 Å². The summed E-state index contributed by atoms with van der Waals surface area (Å²) in [6.07, 6.45) is 0. The molecule has 0 amide bonds. The molecule has 68 valence electrons. The lowest BCUT2D eigenvalue weighted by molar-refractivity contribution is 0.933. The zero-order valence-electron chi connectivity index (χ0n) is 7.08. The summed E-state index contributed by atoms with van der Waals surface area (Å²) in [7, 11) is 1.81. The quantitative estimate of drug-likeness (QED) is 0.720. The smallest absolute Gasteiger partial charge is 0.301 e. The predicted octanol–water partition coefficient (Wildman–Crippen LogP) is 2.49. The summed E-state index contributed by atoms with van der Waals surface area (Å²) in [5.74, 6) is 0. The average Bonchev–Trinajstić information content (AvgIpc) is 2.43. The van der Waals surface area contributed by atoms with Gasteiger partial charge in [0.15, 0.2) is 0 Å². The number of hydrogen-bond donors (Lipinski definition) is 0. The van der Waals surface area contributed by atoms with Crippen molar-refractivity contribution >= 4 is 37.5 Å². The van der Waals surface area contributed by atoms with Crippen LogP contribution in [-0.4, -0.2) is 4.57 Å². The Morgan fingerprint density at radius 3 is 3.00 bits per heavy atom. The highest BCUT2D eigenvalue weighted by Gasteiger charge is 2.06. The van der Waals surface area contributed by atoms with Crippen molar-refractivity contribution in [2.75, 3.05) is 0 Å². The Labute approximate surface area is 87.9 Å². The Kier molecular flexibility index (Phi) is 2.26. The molecular formula is C9H8BrNOS. The molecule has 0 saturated carbocycles. The van der Waals surface area contributed by atoms with E-state index < -0.39 is 0 Å². The summed E-state index contributed by atoms with van der Waals surface area (Å²) in [4.78, 5) is 11.5. The van der Waals surface area contributed by atoms with Gasteiger partial charge in [-0.1, -0.05) is 39.4 Å². The van der Waals surface area contributed by atoms with Crippen molar-refractivity contribution in [2.24, 2.45) is 7.05 Å². The van der Waals surface area contributed by atoms with E-state index in [0.29, 0.717) is 0 Å². The lowest BCUT2D eigenvalue weighted by atomic mass is 10.2. The maximum Gasteiger partial charge on any atom is 0.307 e. The van der Waals surface area contributed by atoms with Gasteiger partial charge < -0.3 is 4.57 Å². The molecule has 2 aromatic rings. The topological polar surface area (TPSA) is 22.0 Å².